The molecule has 3 aromatic rings. The van der Waals surface area contributed by atoms with E-state index >= 15 is 4.39 Å². The third kappa shape index (κ3) is 5.09. The molecule has 6 heterocycles. The van der Waals surface area contributed by atoms with E-state index in [1.54, 1.807) is 0 Å². The van der Waals surface area contributed by atoms with Crippen molar-refractivity contribution in [1.82, 2.24) is 25.2 Å². The molecule has 0 spiro atoms. The lowest BCUT2D eigenvalue weighted by atomic mass is 9.86. The fraction of sp³-hybridized carbons (Fsp3) is 0.606. The van der Waals surface area contributed by atoms with Gasteiger partial charge in [0.05, 0.1) is 10.9 Å². The Labute approximate surface area is 255 Å². The molecule has 1 aromatic carbocycles. The van der Waals surface area contributed by atoms with E-state index in [0.29, 0.717) is 54.8 Å². The first kappa shape index (κ1) is 29.6. The van der Waals surface area contributed by atoms with Gasteiger partial charge in [0.1, 0.15) is 29.5 Å². The van der Waals surface area contributed by atoms with Crippen LogP contribution in [-0.4, -0.2) is 70.3 Å². The van der Waals surface area contributed by atoms with Crippen molar-refractivity contribution in [3.63, 3.8) is 0 Å². The average molecular weight is 613 g/mol. The molecule has 0 amide bonds. The van der Waals surface area contributed by atoms with Crippen molar-refractivity contribution in [2.45, 2.75) is 83.3 Å². The van der Waals surface area contributed by atoms with Gasteiger partial charge in [-0.3, -0.25) is 9.88 Å². The predicted molar refractivity (Wildman–Crippen MR) is 161 cm³/mol. The standard InChI is InChI=1S/C33H40F4N6O/c1-4-19-10-33(11-20(5-2)14-43(33)13-19)17-44-32-40-29-25(31(41-32)42-15-22-6-7-23(16-42)39-22)12-38-28(27(29)35)24-8-21(30(36)37)9-26(34)18(24)3/h8-9,12,19-20,22-23,30,39H,4-7,10-11,13-17H2,1-3H3/t19?,20?,22-,23+,33?. The summed E-state index contributed by atoms with van der Waals surface area (Å²) >= 11 is 0. The minimum Gasteiger partial charge on any atom is -0.461 e. The second kappa shape index (κ2) is 11.4. The molecule has 11 heteroatoms. The van der Waals surface area contributed by atoms with Crippen LogP contribution in [0.5, 0.6) is 6.01 Å². The Bertz CT molecular complexity index is 1540. The second-order valence-corrected chi connectivity index (χ2v) is 13.4. The number of rotatable bonds is 8. The van der Waals surface area contributed by atoms with E-state index < -0.39 is 23.6 Å². The minimum atomic E-state index is -2.91. The lowest BCUT2D eigenvalue weighted by molar-refractivity contribution is 0.107. The molecule has 44 heavy (non-hydrogen) atoms. The first-order chi connectivity index (χ1) is 21.2. The van der Waals surface area contributed by atoms with Crippen LogP contribution in [0.3, 0.4) is 0 Å². The monoisotopic (exact) mass is 612 g/mol. The van der Waals surface area contributed by atoms with Crippen molar-refractivity contribution in [2.24, 2.45) is 11.8 Å². The highest BCUT2D eigenvalue weighted by molar-refractivity contribution is 5.92. The largest absolute Gasteiger partial charge is 0.461 e. The van der Waals surface area contributed by atoms with Crippen molar-refractivity contribution in [2.75, 3.05) is 37.7 Å². The summed E-state index contributed by atoms with van der Waals surface area (Å²) in [5.74, 6) is 0.131. The van der Waals surface area contributed by atoms with Crippen LogP contribution in [0.4, 0.5) is 23.4 Å². The Balaban J connectivity index is 1.30. The smallest absolute Gasteiger partial charge is 0.319 e. The number of piperazine rings is 1. The zero-order valence-corrected chi connectivity index (χ0v) is 25.6. The quantitative estimate of drug-likeness (QED) is 0.294. The summed E-state index contributed by atoms with van der Waals surface area (Å²) in [5, 5.41) is 4.04. The highest BCUT2D eigenvalue weighted by atomic mass is 19.3. The summed E-state index contributed by atoms with van der Waals surface area (Å²) in [4.78, 5) is 18.5. The van der Waals surface area contributed by atoms with Gasteiger partial charge in [0.2, 0.25) is 0 Å². The van der Waals surface area contributed by atoms with Crippen LogP contribution >= 0.6 is 0 Å². The van der Waals surface area contributed by atoms with Crippen LogP contribution in [0.2, 0.25) is 0 Å². The number of hydrogen-bond acceptors (Lipinski definition) is 7. The van der Waals surface area contributed by atoms with Gasteiger partial charge in [0.15, 0.2) is 5.82 Å². The summed E-state index contributed by atoms with van der Waals surface area (Å²) in [6.07, 6.45) is 5.03. The lowest BCUT2D eigenvalue weighted by Gasteiger charge is -2.34. The maximum atomic E-state index is 16.5. The number of benzene rings is 1. The zero-order valence-electron chi connectivity index (χ0n) is 25.6. The van der Waals surface area contributed by atoms with Crippen LogP contribution in [-0.2, 0) is 0 Å². The molecule has 4 aliphatic rings. The molecule has 1 N–H and O–H groups in total. The second-order valence-electron chi connectivity index (χ2n) is 13.4. The van der Waals surface area contributed by atoms with Gasteiger partial charge < -0.3 is 15.0 Å². The van der Waals surface area contributed by atoms with Gasteiger partial charge >= 0.3 is 6.01 Å². The third-order valence-electron chi connectivity index (χ3n) is 10.6. The highest BCUT2D eigenvalue weighted by Crippen LogP contribution is 2.46. The number of pyridine rings is 1. The normalized spacial score (nSPS) is 28.4. The summed E-state index contributed by atoms with van der Waals surface area (Å²) in [6.45, 7) is 9.84. The van der Waals surface area contributed by atoms with E-state index in [4.69, 9.17) is 9.72 Å². The van der Waals surface area contributed by atoms with Crippen molar-refractivity contribution < 1.29 is 22.3 Å². The Morgan fingerprint density at radius 3 is 2.32 bits per heavy atom. The van der Waals surface area contributed by atoms with Crippen molar-refractivity contribution in [1.29, 1.82) is 0 Å². The van der Waals surface area contributed by atoms with Crippen LogP contribution in [0, 0.1) is 30.4 Å². The lowest BCUT2D eigenvalue weighted by Crippen LogP contribution is -2.51. The molecule has 0 aliphatic carbocycles. The van der Waals surface area contributed by atoms with Crippen molar-refractivity contribution >= 4 is 16.7 Å². The van der Waals surface area contributed by atoms with E-state index in [2.05, 4.69) is 38.9 Å². The van der Waals surface area contributed by atoms with E-state index in [1.807, 2.05) is 0 Å². The Hall–Kier alpha value is -3.05. The van der Waals surface area contributed by atoms with Gasteiger partial charge in [-0.05, 0) is 62.1 Å². The Morgan fingerprint density at radius 2 is 1.68 bits per heavy atom. The van der Waals surface area contributed by atoms with E-state index in [0.717, 1.165) is 63.7 Å². The van der Waals surface area contributed by atoms with Crippen LogP contribution in [0.1, 0.15) is 69.9 Å². The van der Waals surface area contributed by atoms with Crippen molar-refractivity contribution in [3.05, 3.63) is 41.1 Å². The number of halogens is 4. The van der Waals surface area contributed by atoms with Gasteiger partial charge in [0, 0.05) is 55.6 Å². The molecular formula is C33H40F4N6O. The molecule has 7 nitrogen and oxygen atoms in total. The SMILES string of the molecule is CCC1CN2CC(CC)CC2(COc2nc(N3C[C@H]4CC[C@@H](C3)N4)c3cnc(-c4cc(C(F)F)cc(F)c4C)c(F)c3n2)C1. The third-order valence-corrected chi connectivity index (χ3v) is 10.6. The number of fused-ring (bicyclic) bond motifs is 4. The molecule has 0 saturated carbocycles. The summed E-state index contributed by atoms with van der Waals surface area (Å²) in [7, 11) is 0. The zero-order chi connectivity index (χ0) is 30.7. The molecule has 2 unspecified atom stereocenters. The van der Waals surface area contributed by atoms with Crippen molar-refractivity contribution in [3.8, 4) is 17.3 Å². The van der Waals surface area contributed by atoms with Gasteiger partial charge in [-0.25, -0.2) is 17.6 Å². The molecule has 4 saturated heterocycles. The summed E-state index contributed by atoms with van der Waals surface area (Å²) in [5.41, 5.74) is -0.831. The molecule has 7 rings (SSSR count). The average Bonchev–Trinajstić information content (AvgIpc) is 3.66. The number of nitrogens with one attached hydrogen (secondary N) is 1. The molecule has 2 bridgehead atoms. The number of anilines is 1. The first-order valence-electron chi connectivity index (χ1n) is 16.0. The first-order valence-corrected chi connectivity index (χ1v) is 16.0. The van der Waals surface area contributed by atoms with E-state index in [9.17, 15) is 13.2 Å². The number of ether oxygens (including phenoxy) is 1. The van der Waals surface area contributed by atoms with Gasteiger partial charge in [0.25, 0.3) is 6.43 Å². The molecule has 0 radical (unpaired) electrons. The topological polar surface area (TPSA) is 66.4 Å². The number of alkyl halides is 2. The van der Waals surface area contributed by atoms with Crippen LogP contribution in [0.25, 0.3) is 22.2 Å². The number of nitrogens with zero attached hydrogens (tertiary/aromatic N) is 5. The fourth-order valence-corrected chi connectivity index (χ4v) is 8.14. The van der Waals surface area contributed by atoms with Crippen LogP contribution in [0.15, 0.2) is 18.3 Å². The maximum absolute atomic E-state index is 16.5. The number of hydrogen-bond donors (Lipinski definition) is 1. The molecule has 2 aromatic heterocycles. The van der Waals surface area contributed by atoms with Gasteiger partial charge in [-0.2, -0.15) is 9.97 Å². The minimum absolute atomic E-state index is 0.00629. The summed E-state index contributed by atoms with van der Waals surface area (Å²) in [6, 6.07) is 2.60. The Morgan fingerprint density at radius 1 is 1.00 bits per heavy atom. The molecular weight excluding hydrogens is 572 g/mol. The highest BCUT2D eigenvalue weighted by Gasteiger charge is 2.51. The van der Waals surface area contributed by atoms with E-state index in [-0.39, 0.29) is 33.9 Å². The fourth-order valence-electron chi connectivity index (χ4n) is 8.14. The molecule has 236 valence electrons. The summed E-state index contributed by atoms with van der Waals surface area (Å²) < 4.78 is 64.8. The maximum Gasteiger partial charge on any atom is 0.319 e. The van der Waals surface area contributed by atoms with Gasteiger partial charge in [-0.1, -0.05) is 26.7 Å². The van der Waals surface area contributed by atoms with E-state index in [1.165, 1.54) is 13.1 Å². The number of aromatic nitrogens is 3. The predicted octanol–water partition coefficient (Wildman–Crippen LogP) is 6.44. The molecule has 4 fully saturated rings. The van der Waals surface area contributed by atoms with Crippen LogP contribution < -0.4 is 15.0 Å². The molecule has 4 aliphatic heterocycles. The molecule has 4 atom stereocenters. The van der Waals surface area contributed by atoms with Gasteiger partial charge in [-0.15, -0.1) is 0 Å². The Kier molecular flexibility index (Phi) is 7.67.